The molecule has 2 N–H and O–H groups in total. The maximum atomic E-state index is 12.9. The topological polar surface area (TPSA) is 35.5 Å². The van der Waals surface area contributed by atoms with Gasteiger partial charge in [-0.25, -0.2) is 4.39 Å². The molecule has 1 aromatic rings. The monoisotopic (exact) mass is 238 g/mol. The summed E-state index contributed by atoms with van der Waals surface area (Å²) < 4.78 is 12.9. The molecule has 1 fully saturated rings. The Hall–Kier alpha value is -1.13. The van der Waals surface area contributed by atoms with Gasteiger partial charge < -0.3 is 15.3 Å². The molecule has 0 amide bonds. The SMILES string of the molecule is CC1CCNCC(CO)N1c1ccc(F)cc1. The van der Waals surface area contributed by atoms with Crippen LogP contribution in [0, 0.1) is 5.82 Å². The molecule has 0 aliphatic carbocycles. The lowest BCUT2D eigenvalue weighted by Gasteiger charge is -2.35. The van der Waals surface area contributed by atoms with Gasteiger partial charge in [-0.2, -0.15) is 0 Å². The summed E-state index contributed by atoms with van der Waals surface area (Å²) in [6, 6.07) is 6.88. The number of anilines is 1. The van der Waals surface area contributed by atoms with Crippen LogP contribution in [0.15, 0.2) is 24.3 Å². The standard InChI is InChI=1S/C13H19FN2O/c1-10-6-7-15-8-13(9-17)16(10)12-4-2-11(14)3-5-12/h2-5,10,13,15,17H,6-9H2,1H3. The van der Waals surface area contributed by atoms with E-state index in [0.29, 0.717) is 6.04 Å². The highest BCUT2D eigenvalue weighted by Gasteiger charge is 2.25. The zero-order valence-corrected chi connectivity index (χ0v) is 10.1. The number of hydrogen-bond donors (Lipinski definition) is 2. The summed E-state index contributed by atoms with van der Waals surface area (Å²) in [7, 11) is 0. The highest BCUT2D eigenvalue weighted by molar-refractivity contribution is 5.48. The van der Waals surface area contributed by atoms with Gasteiger partial charge in [0, 0.05) is 18.3 Å². The van der Waals surface area contributed by atoms with Crippen LogP contribution >= 0.6 is 0 Å². The number of benzene rings is 1. The maximum absolute atomic E-state index is 12.9. The molecule has 2 unspecified atom stereocenters. The van der Waals surface area contributed by atoms with Gasteiger partial charge in [-0.1, -0.05) is 0 Å². The molecule has 3 nitrogen and oxygen atoms in total. The lowest BCUT2D eigenvalue weighted by Crippen LogP contribution is -2.46. The van der Waals surface area contributed by atoms with Crippen LogP contribution < -0.4 is 10.2 Å². The zero-order valence-electron chi connectivity index (χ0n) is 10.1. The molecule has 0 aromatic heterocycles. The van der Waals surface area contributed by atoms with Crippen molar-refractivity contribution < 1.29 is 9.50 Å². The first-order valence-corrected chi connectivity index (χ1v) is 6.08. The van der Waals surface area contributed by atoms with Gasteiger partial charge in [-0.3, -0.25) is 0 Å². The lowest BCUT2D eigenvalue weighted by atomic mass is 10.1. The van der Waals surface area contributed by atoms with Crippen molar-refractivity contribution in [1.82, 2.24) is 5.32 Å². The molecule has 0 radical (unpaired) electrons. The molecular weight excluding hydrogens is 219 g/mol. The first kappa shape index (κ1) is 12.3. The summed E-state index contributed by atoms with van der Waals surface area (Å²) in [6.07, 6.45) is 1.02. The smallest absolute Gasteiger partial charge is 0.123 e. The van der Waals surface area contributed by atoms with E-state index >= 15 is 0 Å². The van der Waals surface area contributed by atoms with E-state index in [0.717, 1.165) is 25.2 Å². The molecule has 94 valence electrons. The van der Waals surface area contributed by atoms with Crippen molar-refractivity contribution in [3.8, 4) is 0 Å². The molecular formula is C13H19FN2O. The Balaban J connectivity index is 2.26. The molecule has 0 saturated carbocycles. The Kier molecular flexibility index (Phi) is 3.97. The van der Waals surface area contributed by atoms with Gasteiger partial charge in [0.2, 0.25) is 0 Å². The summed E-state index contributed by atoms with van der Waals surface area (Å²) in [5.74, 6) is -0.227. The van der Waals surface area contributed by atoms with Gasteiger partial charge in [-0.05, 0) is 44.2 Å². The Morgan fingerprint density at radius 2 is 2.12 bits per heavy atom. The third kappa shape index (κ3) is 2.76. The van der Waals surface area contributed by atoms with Gasteiger partial charge in [0.05, 0.1) is 12.6 Å². The minimum absolute atomic E-state index is 0.0537. The largest absolute Gasteiger partial charge is 0.394 e. The lowest BCUT2D eigenvalue weighted by molar-refractivity contribution is 0.255. The van der Waals surface area contributed by atoms with Crippen LogP contribution in [-0.2, 0) is 0 Å². The van der Waals surface area contributed by atoms with Crippen LogP contribution in [0.3, 0.4) is 0 Å². The number of nitrogens with zero attached hydrogens (tertiary/aromatic N) is 1. The highest BCUT2D eigenvalue weighted by atomic mass is 19.1. The number of halogens is 1. The Labute approximate surface area is 101 Å². The molecule has 1 heterocycles. The number of aliphatic hydroxyl groups is 1. The van der Waals surface area contributed by atoms with Crippen molar-refractivity contribution in [3.05, 3.63) is 30.1 Å². The normalized spacial score (nSPS) is 25.7. The Morgan fingerprint density at radius 3 is 2.76 bits per heavy atom. The number of nitrogens with one attached hydrogen (secondary N) is 1. The fourth-order valence-electron chi connectivity index (χ4n) is 2.41. The minimum atomic E-state index is -0.227. The van der Waals surface area contributed by atoms with E-state index in [1.807, 2.05) is 0 Å². The van der Waals surface area contributed by atoms with Crippen molar-refractivity contribution in [2.24, 2.45) is 0 Å². The van der Waals surface area contributed by atoms with E-state index in [9.17, 15) is 9.50 Å². The fourth-order valence-corrected chi connectivity index (χ4v) is 2.41. The third-order valence-corrected chi connectivity index (χ3v) is 3.32. The van der Waals surface area contributed by atoms with E-state index < -0.39 is 0 Å². The van der Waals surface area contributed by atoms with Crippen molar-refractivity contribution in [3.63, 3.8) is 0 Å². The molecule has 0 bridgehead atoms. The number of aliphatic hydroxyl groups excluding tert-OH is 1. The van der Waals surface area contributed by atoms with Gasteiger partial charge >= 0.3 is 0 Å². The second kappa shape index (κ2) is 5.47. The van der Waals surface area contributed by atoms with Gasteiger partial charge in [0.25, 0.3) is 0 Å². The van der Waals surface area contributed by atoms with Crippen LogP contribution in [0.2, 0.25) is 0 Å². The van der Waals surface area contributed by atoms with Gasteiger partial charge in [-0.15, -0.1) is 0 Å². The number of hydrogen-bond acceptors (Lipinski definition) is 3. The Morgan fingerprint density at radius 1 is 1.41 bits per heavy atom. The predicted molar refractivity (Wildman–Crippen MR) is 66.7 cm³/mol. The second-order valence-corrected chi connectivity index (χ2v) is 4.56. The highest BCUT2D eigenvalue weighted by Crippen LogP contribution is 2.23. The molecule has 2 rings (SSSR count). The predicted octanol–water partition coefficient (Wildman–Crippen LogP) is 1.37. The quantitative estimate of drug-likeness (QED) is 0.817. The molecule has 1 aliphatic rings. The minimum Gasteiger partial charge on any atom is -0.394 e. The molecule has 1 saturated heterocycles. The maximum Gasteiger partial charge on any atom is 0.123 e. The first-order chi connectivity index (χ1) is 8.22. The van der Waals surface area contributed by atoms with Crippen LogP contribution in [0.25, 0.3) is 0 Å². The fraction of sp³-hybridized carbons (Fsp3) is 0.538. The molecule has 17 heavy (non-hydrogen) atoms. The van der Waals surface area contributed by atoms with Crippen molar-refractivity contribution in [2.75, 3.05) is 24.6 Å². The van der Waals surface area contributed by atoms with Crippen LogP contribution in [0.1, 0.15) is 13.3 Å². The van der Waals surface area contributed by atoms with Crippen molar-refractivity contribution >= 4 is 5.69 Å². The molecule has 1 aromatic carbocycles. The Bertz CT molecular complexity index is 355. The second-order valence-electron chi connectivity index (χ2n) is 4.56. The average Bonchev–Trinajstić information content (AvgIpc) is 2.52. The summed E-state index contributed by atoms with van der Waals surface area (Å²) in [4.78, 5) is 2.18. The van der Waals surface area contributed by atoms with Crippen LogP contribution in [0.5, 0.6) is 0 Å². The summed E-state index contributed by atoms with van der Waals surface area (Å²) in [5, 5.41) is 12.8. The molecule has 2 atom stereocenters. The first-order valence-electron chi connectivity index (χ1n) is 6.08. The molecule has 4 heteroatoms. The van der Waals surface area contributed by atoms with E-state index in [4.69, 9.17) is 0 Å². The van der Waals surface area contributed by atoms with Crippen LogP contribution in [-0.4, -0.2) is 36.9 Å². The third-order valence-electron chi connectivity index (χ3n) is 3.32. The van der Waals surface area contributed by atoms with Gasteiger partial charge in [0.15, 0.2) is 0 Å². The zero-order chi connectivity index (χ0) is 12.3. The number of rotatable bonds is 2. The van der Waals surface area contributed by atoms with E-state index in [-0.39, 0.29) is 18.5 Å². The summed E-state index contributed by atoms with van der Waals surface area (Å²) >= 11 is 0. The van der Waals surface area contributed by atoms with Crippen LogP contribution in [0.4, 0.5) is 10.1 Å². The summed E-state index contributed by atoms with van der Waals surface area (Å²) in [5.41, 5.74) is 0.974. The molecule has 1 aliphatic heterocycles. The molecule has 0 spiro atoms. The van der Waals surface area contributed by atoms with Crippen molar-refractivity contribution in [1.29, 1.82) is 0 Å². The average molecular weight is 238 g/mol. The van der Waals surface area contributed by atoms with Crippen molar-refractivity contribution in [2.45, 2.75) is 25.4 Å². The van der Waals surface area contributed by atoms with E-state index in [2.05, 4.69) is 17.1 Å². The van der Waals surface area contributed by atoms with E-state index in [1.54, 1.807) is 12.1 Å². The van der Waals surface area contributed by atoms with Gasteiger partial charge in [0.1, 0.15) is 5.82 Å². The summed E-state index contributed by atoms with van der Waals surface area (Å²) in [6.45, 7) is 3.96. The van der Waals surface area contributed by atoms with E-state index in [1.165, 1.54) is 12.1 Å².